The summed E-state index contributed by atoms with van der Waals surface area (Å²) in [5.74, 6) is -0.607. The van der Waals surface area contributed by atoms with Crippen LogP contribution in [0.1, 0.15) is 111 Å². The Bertz CT molecular complexity index is 847. The second kappa shape index (κ2) is 15.6. The Kier molecular flexibility index (Phi) is 13.7. The molecule has 2 N–H and O–H groups in total. The third-order valence-corrected chi connectivity index (χ3v) is 6.50. The zero-order chi connectivity index (χ0) is 28.2. The van der Waals surface area contributed by atoms with Gasteiger partial charge in [-0.1, -0.05) is 83.2 Å². The highest BCUT2D eigenvalue weighted by Crippen LogP contribution is 2.26. The van der Waals surface area contributed by atoms with Gasteiger partial charge < -0.3 is 20.3 Å². The van der Waals surface area contributed by atoms with E-state index in [0.29, 0.717) is 13.0 Å². The number of rotatable bonds is 14. The summed E-state index contributed by atoms with van der Waals surface area (Å²) < 4.78 is 5.48. The first kappa shape index (κ1) is 32.5. The number of unbranched alkanes of at least 4 members (excludes halogenated alkanes) is 2. The van der Waals surface area contributed by atoms with Gasteiger partial charge in [0.15, 0.2) is 0 Å². The normalized spacial score (nSPS) is 14.7. The Labute approximate surface area is 225 Å². The summed E-state index contributed by atoms with van der Waals surface area (Å²) in [6.07, 6.45) is 4.55. The van der Waals surface area contributed by atoms with E-state index in [4.69, 9.17) is 4.74 Å². The van der Waals surface area contributed by atoms with Gasteiger partial charge in [-0.3, -0.25) is 9.59 Å². The van der Waals surface area contributed by atoms with Crippen LogP contribution in [0.5, 0.6) is 0 Å². The van der Waals surface area contributed by atoms with Crippen LogP contribution in [0, 0.1) is 12.8 Å². The van der Waals surface area contributed by atoms with Crippen LogP contribution >= 0.6 is 0 Å². The molecule has 0 saturated carbocycles. The molecule has 0 aliphatic heterocycles. The van der Waals surface area contributed by atoms with E-state index in [1.54, 1.807) is 25.7 Å². The zero-order valence-electron chi connectivity index (χ0n) is 24.6. The lowest BCUT2D eigenvalue weighted by atomic mass is 9.95. The molecule has 0 saturated heterocycles. The molecule has 7 nitrogen and oxygen atoms in total. The summed E-state index contributed by atoms with van der Waals surface area (Å²) >= 11 is 0. The summed E-state index contributed by atoms with van der Waals surface area (Å²) in [7, 11) is 0. The summed E-state index contributed by atoms with van der Waals surface area (Å²) in [6.45, 7) is 17.9. The summed E-state index contributed by atoms with van der Waals surface area (Å²) in [6, 6.07) is 6.15. The molecule has 37 heavy (non-hydrogen) atoms. The van der Waals surface area contributed by atoms with Crippen LogP contribution in [-0.4, -0.2) is 47.0 Å². The van der Waals surface area contributed by atoms with Crippen LogP contribution in [0.2, 0.25) is 0 Å². The van der Waals surface area contributed by atoms with E-state index in [1.165, 1.54) is 0 Å². The first-order valence-corrected chi connectivity index (χ1v) is 14.0. The molecule has 7 heteroatoms. The minimum Gasteiger partial charge on any atom is -0.444 e. The Balaban J connectivity index is 3.50. The second-order valence-electron chi connectivity index (χ2n) is 11.3. The van der Waals surface area contributed by atoms with Crippen molar-refractivity contribution in [3.05, 3.63) is 35.4 Å². The molecule has 1 aromatic rings. The maximum atomic E-state index is 14.2. The molecule has 0 bridgehead atoms. The Morgan fingerprint density at radius 3 is 2.08 bits per heavy atom. The van der Waals surface area contributed by atoms with Crippen LogP contribution in [0.25, 0.3) is 0 Å². The van der Waals surface area contributed by atoms with Gasteiger partial charge in [0.2, 0.25) is 11.8 Å². The number of alkyl carbamates (subject to hydrolysis) is 1. The number of nitrogens with zero attached hydrogens (tertiary/aromatic N) is 1. The maximum Gasteiger partial charge on any atom is 0.408 e. The molecule has 4 atom stereocenters. The average Bonchev–Trinajstić information content (AvgIpc) is 2.81. The molecule has 0 fully saturated rings. The van der Waals surface area contributed by atoms with Gasteiger partial charge in [0.1, 0.15) is 17.7 Å². The molecule has 4 unspecified atom stereocenters. The van der Waals surface area contributed by atoms with Gasteiger partial charge in [-0.05, 0) is 58.9 Å². The van der Waals surface area contributed by atoms with Crippen molar-refractivity contribution in [1.29, 1.82) is 0 Å². The molecule has 0 heterocycles. The first-order chi connectivity index (χ1) is 17.3. The molecule has 3 amide bonds. The predicted molar refractivity (Wildman–Crippen MR) is 150 cm³/mol. The van der Waals surface area contributed by atoms with Gasteiger partial charge in [0, 0.05) is 12.6 Å². The SMILES string of the molecule is CCCCCN(C(=O)C(NC(=O)OC(C)(C)C)C(C)CC)C(C(=O)NC(C)CCC)c1ccc(C)cc1. The fraction of sp³-hybridized carbons (Fsp3) is 0.700. The molecular formula is C30H51N3O4. The second-order valence-corrected chi connectivity index (χ2v) is 11.3. The van der Waals surface area contributed by atoms with Crippen molar-refractivity contribution < 1.29 is 19.1 Å². The van der Waals surface area contributed by atoms with Gasteiger partial charge in [0.25, 0.3) is 0 Å². The van der Waals surface area contributed by atoms with Crippen molar-refractivity contribution in [2.24, 2.45) is 5.92 Å². The van der Waals surface area contributed by atoms with E-state index in [0.717, 1.165) is 43.2 Å². The molecule has 1 rings (SSSR count). The lowest BCUT2D eigenvalue weighted by molar-refractivity contribution is -0.143. The van der Waals surface area contributed by atoms with Crippen molar-refractivity contribution in [1.82, 2.24) is 15.5 Å². The minimum atomic E-state index is -0.810. The Morgan fingerprint density at radius 2 is 1.57 bits per heavy atom. The third-order valence-electron chi connectivity index (χ3n) is 6.50. The van der Waals surface area contributed by atoms with Gasteiger partial charge >= 0.3 is 6.09 Å². The van der Waals surface area contributed by atoms with Gasteiger partial charge in [-0.25, -0.2) is 4.79 Å². The molecule has 210 valence electrons. The molecule has 0 aliphatic rings. The Morgan fingerprint density at radius 1 is 0.946 bits per heavy atom. The van der Waals surface area contributed by atoms with Crippen LogP contribution in [0.15, 0.2) is 24.3 Å². The molecule has 0 spiro atoms. The number of benzene rings is 1. The van der Waals surface area contributed by atoms with Crippen molar-refractivity contribution in [3.8, 4) is 0 Å². The van der Waals surface area contributed by atoms with Crippen LogP contribution < -0.4 is 10.6 Å². The monoisotopic (exact) mass is 517 g/mol. The molecule has 0 aliphatic carbocycles. The number of ether oxygens (including phenoxy) is 1. The zero-order valence-corrected chi connectivity index (χ0v) is 24.6. The predicted octanol–water partition coefficient (Wildman–Crippen LogP) is 6.30. The van der Waals surface area contributed by atoms with Gasteiger partial charge in [-0.15, -0.1) is 0 Å². The first-order valence-electron chi connectivity index (χ1n) is 14.0. The summed E-state index contributed by atoms with van der Waals surface area (Å²) in [5, 5.41) is 5.96. The lowest BCUT2D eigenvalue weighted by Crippen LogP contribution is -2.55. The quantitative estimate of drug-likeness (QED) is 0.284. The van der Waals surface area contributed by atoms with Gasteiger partial charge in [-0.2, -0.15) is 0 Å². The van der Waals surface area contributed by atoms with Gasteiger partial charge in [0.05, 0.1) is 0 Å². The lowest BCUT2D eigenvalue weighted by Gasteiger charge is -2.36. The largest absolute Gasteiger partial charge is 0.444 e. The number of carbonyl (C=O) groups is 3. The smallest absolute Gasteiger partial charge is 0.408 e. The molecule has 0 radical (unpaired) electrons. The number of hydrogen-bond donors (Lipinski definition) is 2. The third kappa shape index (κ3) is 11.1. The van der Waals surface area contributed by atoms with Crippen LogP contribution in [-0.2, 0) is 14.3 Å². The van der Waals surface area contributed by atoms with Crippen LogP contribution in [0.4, 0.5) is 4.79 Å². The van der Waals surface area contributed by atoms with E-state index >= 15 is 0 Å². The van der Waals surface area contributed by atoms with E-state index in [-0.39, 0.29) is 23.8 Å². The van der Waals surface area contributed by atoms with Crippen LogP contribution in [0.3, 0.4) is 0 Å². The standard InChI is InChI=1S/C30H51N3O4/c1-10-13-14-20-33(28(35)25(22(5)12-3)32-29(36)37-30(7,8)9)26(24-18-16-21(4)17-19-24)27(34)31-23(6)15-11-2/h16-19,22-23,25-26H,10-15,20H2,1-9H3,(H,31,34)(H,32,36). The number of aryl methyl sites for hydroxylation is 1. The summed E-state index contributed by atoms with van der Waals surface area (Å²) in [4.78, 5) is 42.4. The number of amides is 3. The fourth-order valence-corrected chi connectivity index (χ4v) is 4.24. The fourth-order valence-electron chi connectivity index (χ4n) is 4.24. The van der Waals surface area contributed by atoms with Crippen molar-refractivity contribution >= 4 is 17.9 Å². The highest BCUT2D eigenvalue weighted by atomic mass is 16.6. The maximum absolute atomic E-state index is 14.2. The van der Waals surface area contributed by atoms with E-state index in [2.05, 4.69) is 24.5 Å². The van der Waals surface area contributed by atoms with Crippen molar-refractivity contribution in [2.75, 3.05) is 6.54 Å². The minimum absolute atomic E-state index is 0.0108. The number of hydrogen-bond acceptors (Lipinski definition) is 4. The Hall–Kier alpha value is -2.57. The van der Waals surface area contributed by atoms with E-state index in [9.17, 15) is 14.4 Å². The molecular weight excluding hydrogens is 466 g/mol. The van der Waals surface area contributed by atoms with Crippen molar-refractivity contribution in [2.45, 2.75) is 125 Å². The van der Waals surface area contributed by atoms with E-state index in [1.807, 2.05) is 52.0 Å². The van der Waals surface area contributed by atoms with E-state index < -0.39 is 23.8 Å². The topological polar surface area (TPSA) is 87.7 Å². The molecule has 0 aromatic heterocycles. The highest BCUT2D eigenvalue weighted by molar-refractivity contribution is 5.92. The average molecular weight is 518 g/mol. The molecule has 1 aromatic carbocycles. The number of carbonyl (C=O) groups excluding carboxylic acids is 3. The number of nitrogens with one attached hydrogen (secondary N) is 2. The highest BCUT2D eigenvalue weighted by Gasteiger charge is 2.38. The van der Waals surface area contributed by atoms with Crippen molar-refractivity contribution in [3.63, 3.8) is 0 Å². The summed E-state index contributed by atoms with van der Waals surface area (Å²) in [5.41, 5.74) is 1.15.